The van der Waals surface area contributed by atoms with Crippen molar-refractivity contribution >= 4 is 43.1 Å². The van der Waals surface area contributed by atoms with Crippen molar-refractivity contribution in [1.29, 1.82) is 0 Å². The molecule has 1 aliphatic carbocycles. The van der Waals surface area contributed by atoms with Crippen molar-refractivity contribution in [1.82, 2.24) is 10.3 Å². The molecule has 2 aromatic carbocycles. The Bertz CT molecular complexity index is 1850. The molecule has 0 bridgehead atoms. The van der Waals surface area contributed by atoms with Gasteiger partial charge in [0.25, 0.3) is 15.9 Å². The average Bonchev–Trinajstić information content (AvgIpc) is 3.76. The lowest BCUT2D eigenvalue weighted by atomic mass is 9.70. The first-order chi connectivity index (χ1) is 20.6. The summed E-state index contributed by atoms with van der Waals surface area (Å²) in [4.78, 5) is 16.9. The Balaban J connectivity index is 1.40. The Kier molecular flexibility index (Phi) is 7.48. The Morgan fingerprint density at radius 2 is 1.73 bits per heavy atom. The molecule has 3 aromatic rings. The molecule has 1 spiro atoms. The third-order valence-corrected chi connectivity index (χ3v) is 12.3. The second-order valence-corrected chi connectivity index (χ2v) is 16.0. The van der Waals surface area contributed by atoms with Crippen LogP contribution >= 0.6 is 11.6 Å². The second-order valence-electron chi connectivity index (χ2n) is 11.4. The molecule has 1 saturated heterocycles. The summed E-state index contributed by atoms with van der Waals surface area (Å²) in [5.41, 5.74) is -1.60. The third kappa shape index (κ3) is 5.45. The van der Waals surface area contributed by atoms with Crippen LogP contribution in [0.3, 0.4) is 0 Å². The van der Waals surface area contributed by atoms with E-state index >= 15 is 0 Å². The van der Waals surface area contributed by atoms with Crippen LogP contribution < -0.4 is 9.62 Å². The number of carbonyl (C=O) groups excluding carboxylic acids is 1. The molecule has 0 radical (unpaired) electrons. The van der Waals surface area contributed by atoms with Gasteiger partial charge in [-0.2, -0.15) is 13.2 Å². The maximum Gasteiger partial charge on any atom is 0.418 e. The maximum atomic E-state index is 14.1. The van der Waals surface area contributed by atoms with Crippen LogP contribution in [0, 0.1) is 11.7 Å². The molecule has 1 N–H and O–H groups in total. The zero-order chi connectivity index (χ0) is 31.7. The minimum absolute atomic E-state index is 0.0625. The molecule has 1 unspecified atom stereocenters. The van der Waals surface area contributed by atoms with Crippen LogP contribution in [0.5, 0.6) is 0 Å². The van der Waals surface area contributed by atoms with E-state index in [9.17, 15) is 39.2 Å². The number of alkyl halides is 3. The van der Waals surface area contributed by atoms with Crippen molar-refractivity contribution < 1.29 is 39.2 Å². The van der Waals surface area contributed by atoms with Crippen LogP contribution in [0.4, 0.5) is 23.2 Å². The summed E-state index contributed by atoms with van der Waals surface area (Å²) in [6.07, 6.45) is -1.99. The van der Waals surface area contributed by atoms with E-state index in [1.54, 1.807) is 0 Å². The van der Waals surface area contributed by atoms with Gasteiger partial charge in [-0.05, 0) is 85.7 Å². The van der Waals surface area contributed by atoms with Crippen molar-refractivity contribution in [3.63, 3.8) is 0 Å². The molecule has 8 nitrogen and oxygen atoms in total. The van der Waals surface area contributed by atoms with Gasteiger partial charge in [-0.1, -0.05) is 11.6 Å². The third-order valence-electron chi connectivity index (χ3n) is 8.67. The van der Waals surface area contributed by atoms with E-state index < -0.39 is 67.0 Å². The molecule has 3 aliphatic rings. The van der Waals surface area contributed by atoms with Gasteiger partial charge in [-0.15, -0.1) is 0 Å². The summed E-state index contributed by atoms with van der Waals surface area (Å²) in [5, 5.41) is 2.24. The molecular formula is C29H26ClF4N3O5S2. The number of nitrogens with zero attached hydrogens (tertiary/aromatic N) is 2. The van der Waals surface area contributed by atoms with Crippen molar-refractivity contribution in [2.45, 2.75) is 54.8 Å². The van der Waals surface area contributed by atoms with E-state index in [0.29, 0.717) is 11.3 Å². The monoisotopic (exact) mass is 671 g/mol. The topological polar surface area (TPSA) is 114 Å². The van der Waals surface area contributed by atoms with Gasteiger partial charge in [-0.25, -0.2) is 21.2 Å². The summed E-state index contributed by atoms with van der Waals surface area (Å²) in [6, 6.07) is 8.90. The number of benzene rings is 2. The normalized spacial score (nSPS) is 20.8. The van der Waals surface area contributed by atoms with E-state index in [1.165, 1.54) is 34.6 Å². The number of amides is 1. The van der Waals surface area contributed by atoms with Gasteiger partial charge in [-0.3, -0.25) is 14.1 Å². The van der Waals surface area contributed by atoms with Crippen molar-refractivity contribution in [2.75, 3.05) is 15.8 Å². The molecule has 2 aliphatic heterocycles. The molecule has 3 heterocycles. The van der Waals surface area contributed by atoms with Crippen molar-refractivity contribution in [3.8, 4) is 0 Å². The van der Waals surface area contributed by atoms with E-state index in [1.807, 2.05) is 0 Å². The number of hydrogen-bond donors (Lipinski definition) is 1. The van der Waals surface area contributed by atoms with Gasteiger partial charge in [0.1, 0.15) is 15.7 Å². The van der Waals surface area contributed by atoms with Gasteiger partial charge in [0.15, 0.2) is 0 Å². The van der Waals surface area contributed by atoms with Crippen LogP contribution in [0.25, 0.3) is 0 Å². The van der Waals surface area contributed by atoms with Crippen LogP contribution in [-0.2, 0) is 38.0 Å². The van der Waals surface area contributed by atoms with E-state index in [2.05, 4.69) is 10.3 Å². The van der Waals surface area contributed by atoms with Gasteiger partial charge in [0, 0.05) is 17.2 Å². The van der Waals surface area contributed by atoms with Crippen LogP contribution in [0.2, 0.25) is 5.02 Å². The molecule has 1 amide bonds. The highest BCUT2D eigenvalue weighted by Gasteiger charge is 2.60. The van der Waals surface area contributed by atoms with E-state index in [0.717, 1.165) is 37.2 Å². The number of pyridine rings is 1. The second kappa shape index (κ2) is 10.7. The highest BCUT2D eigenvalue weighted by atomic mass is 35.5. The maximum absolute atomic E-state index is 14.1. The van der Waals surface area contributed by atoms with E-state index in [-0.39, 0.29) is 45.7 Å². The number of aromatic nitrogens is 1. The zero-order valence-electron chi connectivity index (χ0n) is 22.9. The fraction of sp³-hybridized carbons (Fsp3) is 0.379. The van der Waals surface area contributed by atoms with Crippen molar-refractivity contribution in [2.24, 2.45) is 5.92 Å². The molecule has 6 rings (SSSR count). The van der Waals surface area contributed by atoms with Gasteiger partial charge < -0.3 is 5.32 Å². The largest absolute Gasteiger partial charge is 0.418 e. The summed E-state index contributed by atoms with van der Waals surface area (Å²) < 4.78 is 109. The fourth-order valence-electron chi connectivity index (χ4n) is 6.44. The summed E-state index contributed by atoms with van der Waals surface area (Å²) >= 11 is 5.70. The molecule has 2 fully saturated rings. The number of anilines is 1. The number of sulfonamides is 1. The van der Waals surface area contributed by atoms with Gasteiger partial charge in [0.2, 0.25) is 0 Å². The van der Waals surface area contributed by atoms with Crippen LogP contribution in [0.1, 0.15) is 52.9 Å². The Morgan fingerprint density at radius 3 is 2.34 bits per heavy atom. The summed E-state index contributed by atoms with van der Waals surface area (Å²) in [7, 11) is -7.61. The molecule has 44 heavy (non-hydrogen) atoms. The summed E-state index contributed by atoms with van der Waals surface area (Å²) in [5.74, 6) is -1.73. The first-order valence-electron chi connectivity index (χ1n) is 13.8. The average molecular weight is 672 g/mol. The minimum Gasteiger partial charge on any atom is -0.346 e. The molecule has 1 saturated carbocycles. The molecule has 15 heteroatoms. The minimum atomic E-state index is -4.75. The molecular weight excluding hydrogens is 646 g/mol. The summed E-state index contributed by atoms with van der Waals surface area (Å²) in [6.45, 7) is -0.554. The number of halogens is 5. The molecule has 1 atom stereocenters. The zero-order valence-corrected chi connectivity index (χ0v) is 25.3. The highest BCUT2D eigenvalue weighted by Crippen LogP contribution is 2.59. The fourth-order valence-corrected chi connectivity index (χ4v) is 9.95. The first-order valence-corrected chi connectivity index (χ1v) is 17.4. The standard InChI is InChI=1S/C29H26ClF4N3O5S2/c30-19-14-22(29(32,33)34)24(35-15-19)16-36-27(38)18-3-8-25-23(13-18)28(9-11-43(39,40)12-10-28)26(17-1-2-17)37(25)44(41,42)21-6-4-20(31)5-7-21/h3-8,13-15,17,26H,1-2,9-12,16H2,(H,36,38). The molecule has 1 aromatic heterocycles. The number of sulfone groups is 1. The Morgan fingerprint density at radius 1 is 1.07 bits per heavy atom. The van der Waals surface area contributed by atoms with Crippen LogP contribution in [-0.4, -0.2) is 45.3 Å². The Labute approximate surface area is 256 Å². The lowest BCUT2D eigenvalue weighted by Crippen LogP contribution is -2.52. The van der Waals surface area contributed by atoms with Gasteiger partial charge >= 0.3 is 6.18 Å². The number of rotatable bonds is 6. The lowest BCUT2D eigenvalue weighted by molar-refractivity contribution is -0.138. The predicted octanol–water partition coefficient (Wildman–Crippen LogP) is 5.26. The lowest BCUT2D eigenvalue weighted by Gasteiger charge is -2.41. The smallest absolute Gasteiger partial charge is 0.346 e. The SMILES string of the molecule is O=C(NCc1ncc(Cl)cc1C(F)(F)F)c1ccc2c(c1)C1(CCS(=O)(=O)CC1)C(C1CC1)N2S(=O)(=O)c1ccc(F)cc1. The predicted molar refractivity (Wildman–Crippen MR) is 154 cm³/mol. The Hall–Kier alpha value is -3.23. The number of fused-ring (bicyclic) bond motifs is 2. The van der Waals surface area contributed by atoms with Crippen LogP contribution in [0.15, 0.2) is 59.6 Å². The number of carbonyl (C=O) groups is 1. The number of hydrogen-bond acceptors (Lipinski definition) is 6. The first kappa shape index (κ1) is 30.8. The van der Waals surface area contributed by atoms with Gasteiger partial charge in [0.05, 0.1) is 51.0 Å². The molecule has 234 valence electrons. The quantitative estimate of drug-likeness (QED) is 0.358. The number of nitrogens with one attached hydrogen (secondary N) is 1. The van der Waals surface area contributed by atoms with Crippen molar-refractivity contribution in [3.05, 3.63) is 88.0 Å². The van der Waals surface area contributed by atoms with E-state index in [4.69, 9.17) is 11.6 Å². The highest BCUT2D eigenvalue weighted by molar-refractivity contribution is 7.93.